The van der Waals surface area contributed by atoms with Crippen LogP contribution >= 0.6 is 0 Å². The van der Waals surface area contributed by atoms with Gasteiger partial charge in [-0.05, 0) is 99.5 Å². The van der Waals surface area contributed by atoms with E-state index in [9.17, 15) is 5.41 Å². The van der Waals surface area contributed by atoms with Crippen molar-refractivity contribution in [3.63, 3.8) is 0 Å². The predicted octanol–water partition coefficient (Wildman–Crippen LogP) is 13.8. The average Bonchev–Trinajstić information content (AvgIpc) is 3.25. The number of fused-ring (bicyclic) bond motifs is 10. The molecule has 0 aliphatic rings. The largest absolute Gasteiger partial charge is 0.300 e. The molecule has 0 amide bonds. The van der Waals surface area contributed by atoms with Crippen molar-refractivity contribution in [3.8, 4) is 11.1 Å². The molecule has 2 heteroatoms. The summed E-state index contributed by atoms with van der Waals surface area (Å²) in [6, 6.07) is 66.4. The summed E-state index contributed by atoms with van der Waals surface area (Å²) < 4.78 is 0. The molecule has 10 aromatic carbocycles. The van der Waals surface area contributed by atoms with Crippen LogP contribution < -0.4 is 0 Å². The summed E-state index contributed by atoms with van der Waals surface area (Å²) in [5, 5.41) is 23.8. The van der Waals surface area contributed by atoms with Crippen LogP contribution in [0.3, 0.4) is 0 Å². The Hall–Kier alpha value is -7.16. The average molecular weight is 687 g/mol. The number of nitrogens with zero attached hydrogens (tertiary/aromatic N) is 1. The SMILES string of the molecule is N=C(/C=C(\N=Cc1c2ccccc2cc2c1ccc1ccccc12)c1ccc2c3ccccc3c3ccccc3c2c1)c1ccc(-c2ccccc2)cc1. The fourth-order valence-corrected chi connectivity index (χ4v) is 8.08. The van der Waals surface area contributed by atoms with Gasteiger partial charge in [0, 0.05) is 17.3 Å². The second-order valence-electron chi connectivity index (χ2n) is 13.9. The van der Waals surface area contributed by atoms with Crippen LogP contribution in [-0.4, -0.2) is 11.9 Å². The first kappa shape index (κ1) is 31.6. The number of rotatable bonds is 6. The van der Waals surface area contributed by atoms with Crippen molar-refractivity contribution in [1.29, 1.82) is 5.41 Å². The smallest absolute Gasteiger partial charge is 0.0723 e. The third-order valence-electron chi connectivity index (χ3n) is 10.8. The fourth-order valence-electron chi connectivity index (χ4n) is 8.08. The molecule has 1 N–H and O–H groups in total. The first-order valence-electron chi connectivity index (χ1n) is 18.4. The maximum Gasteiger partial charge on any atom is 0.0723 e. The molecule has 252 valence electrons. The van der Waals surface area contributed by atoms with E-state index in [2.05, 4.69) is 170 Å². The number of benzene rings is 10. The second-order valence-corrected chi connectivity index (χ2v) is 13.9. The molecule has 0 atom stereocenters. The number of hydrogen-bond donors (Lipinski definition) is 1. The Balaban J connectivity index is 1.17. The Kier molecular flexibility index (Phi) is 7.66. The summed E-state index contributed by atoms with van der Waals surface area (Å²) in [6.45, 7) is 0. The molecule has 0 aliphatic heterocycles. The molecule has 0 saturated heterocycles. The molecule has 0 radical (unpaired) electrons. The minimum absolute atomic E-state index is 0.402. The Morgan fingerprint density at radius 2 is 0.870 bits per heavy atom. The van der Waals surface area contributed by atoms with Gasteiger partial charge in [-0.15, -0.1) is 0 Å². The Morgan fingerprint density at radius 3 is 1.57 bits per heavy atom. The quantitative estimate of drug-likeness (QED) is 0.103. The zero-order valence-electron chi connectivity index (χ0n) is 29.5. The van der Waals surface area contributed by atoms with Gasteiger partial charge >= 0.3 is 0 Å². The summed E-state index contributed by atoms with van der Waals surface area (Å²) in [5.41, 5.74) is 6.27. The van der Waals surface area contributed by atoms with Crippen LogP contribution in [0.1, 0.15) is 16.7 Å². The van der Waals surface area contributed by atoms with Gasteiger partial charge in [-0.2, -0.15) is 0 Å². The van der Waals surface area contributed by atoms with E-state index in [1.165, 1.54) is 53.9 Å². The van der Waals surface area contributed by atoms with E-state index in [1.54, 1.807) is 0 Å². The monoisotopic (exact) mass is 686 g/mol. The molecule has 2 nitrogen and oxygen atoms in total. The molecule has 0 fully saturated rings. The Bertz CT molecular complexity index is 3120. The van der Waals surface area contributed by atoms with Crippen molar-refractivity contribution in [3.05, 3.63) is 211 Å². The molecule has 54 heavy (non-hydrogen) atoms. The number of nitrogens with one attached hydrogen (secondary N) is 1. The van der Waals surface area contributed by atoms with Crippen LogP contribution in [0.4, 0.5) is 0 Å². The molecular formula is C52H34N2. The molecule has 0 aromatic heterocycles. The molecule has 0 heterocycles. The maximum atomic E-state index is 9.37. The van der Waals surface area contributed by atoms with E-state index in [-0.39, 0.29) is 0 Å². The molecule has 0 spiro atoms. The zero-order valence-corrected chi connectivity index (χ0v) is 29.5. The van der Waals surface area contributed by atoms with Gasteiger partial charge in [0.2, 0.25) is 0 Å². The number of allylic oxidation sites excluding steroid dienone is 1. The molecular weight excluding hydrogens is 653 g/mol. The van der Waals surface area contributed by atoms with Crippen molar-refractivity contribution in [1.82, 2.24) is 0 Å². The summed E-state index contributed by atoms with van der Waals surface area (Å²) in [5.74, 6) is 0. The number of hydrogen-bond acceptors (Lipinski definition) is 2. The summed E-state index contributed by atoms with van der Waals surface area (Å²) in [7, 11) is 0. The fraction of sp³-hybridized carbons (Fsp3) is 0. The van der Waals surface area contributed by atoms with Crippen molar-refractivity contribution in [2.45, 2.75) is 0 Å². The lowest BCUT2D eigenvalue weighted by molar-refractivity contribution is 1.47. The third-order valence-corrected chi connectivity index (χ3v) is 10.8. The van der Waals surface area contributed by atoms with Crippen LogP contribution in [0, 0.1) is 5.41 Å². The van der Waals surface area contributed by atoms with Gasteiger partial charge in [0.25, 0.3) is 0 Å². The lowest BCUT2D eigenvalue weighted by Crippen LogP contribution is -1.97. The van der Waals surface area contributed by atoms with E-state index >= 15 is 0 Å². The summed E-state index contributed by atoms with van der Waals surface area (Å²) >= 11 is 0. The minimum Gasteiger partial charge on any atom is -0.300 e. The van der Waals surface area contributed by atoms with Crippen molar-refractivity contribution < 1.29 is 0 Å². The molecule has 0 bridgehead atoms. The molecule has 0 saturated carbocycles. The summed E-state index contributed by atoms with van der Waals surface area (Å²) in [4.78, 5) is 5.32. The molecule has 10 rings (SSSR count). The first-order valence-corrected chi connectivity index (χ1v) is 18.4. The Labute approximate surface area is 313 Å². The van der Waals surface area contributed by atoms with Crippen molar-refractivity contribution >= 4 is 82.3 Å². The zero-order chi connectivity index (χ0) is 36.0. The standard InChI is InChI=1S/C52H34N2/c53-51(37-24-22-35(23-25-37)34-12-2-1-3-13-34)32-52(39-27-29-46-44-20-9-8-18-42(44)43-19-10-11-21-45(43)49(46)31-39)54-33-50-41-17-7-5-15-38(41)30-48-40-16-6-4-14-36(40)26-28-47(48)50/h1-33,53H/b52-32-,53-51?,54-33?. The lowest BCUT2D eigenvalue weighted by atomic mass is 9.92. The highest BCUT2D eigenvalue weighted by Gasteiger charge is 2.13. The van der Waals surface area contributed by atoms with Gasteiger partial charge in [0.05, 0.1) is 11.4 Å². The molecule has 0 aliphatic carbocycles. The van der Waals surface area contributed by atoms with Gasteiger partial charge < -0.3 is 5.41 Å². The van der Waals surface area contributed by atoms with E-state index in [1.807, 2.05) is 30.5 Å². The van der Waals surface area contributed by atoms with E-state index < -0.39 is 0 Å². The minimum atomic E-state index is 0.402. The Morgan fingerprint density at radius 1 is 0.370 bits per heavy atom. The second kappa shape index (κ2) is 13.1. The van der Waals surface area contributed by atoms with Crippen molar-refractivity contribution in [2.75, 3.05) is 0 Å². The van der Waals surface area contributed by atoms with Crippen LogP contribution in [0.25, 0.3) is 81.5 Å². The van der Waals surface area contributed by atoms with Crippen molar-refractivity contribution in [2.24, 2.45) is 4.99 Å². The first-order chi connectivity index (χ1) is 26.7. The highest BCUT2D eigenvalue weighted by molar-refractivity contribution is 6.26. The molecule has 10 aromatic rings. The van der Waals surface area contributed by atoms with Gasteiger partial charge in [-0.25, -0.2) is 0 Å². The topological polar surface area (TPSA) is 36.2 Å². The van der Waals surface area contributed by atoms with E-state index in [0.29, 0.717) is 5.71 Å². The normalized spacial score (nSPS) is 12.2. The maximum absolute atomic E-state index is 9.37. The highest BCUT2D eigenvalue weighted by atomic mass is 14.7. The predicted molar refractivity (Wildman–Crippen MR) is 232 cm³/mol. The van der Waals surface area contributed by atoms with Crippen LogP contribution in [0.5, 0.6) is 0 Å². The number of aliphatic imine (C=N–C) groups is 1. The van der Waals surface area contributed by atoms with Crippen LogP contribution in [0.15, 0.2) is 199 Å². The van der Waals surface area contributed by atoms with E-state index in [4.69, 9.17) is 4.99 Å². The molecule has 0 unspecified atom stereocenters. The van der Waals surface area contributed by atoms with Gasteiger partial charge in [-0.3, -0.25) is 4.99 Å². The lowest BCUT2D eigenvalue weighted by Gasteiger charge is -2.13. The van der Waals surface area contributed by atoms with Gasteiger partial charge in [-0.1, -0.05) is 176 Å². The highest BCUT2D eigenvalue weighted by Crippen LogP contribution is 2.37. The van der Waals surface area contributed by atoms with Crippen LogP contribution in [-0.2, 0) is 0 Å². The van der Waals surface area contributed by atoms with Gasteiger partial charge in [0.1, 0.15) is 0 Å². The third kappa shape index (κ3) is 5.44. The summed E-state index contributed by atoms with van der Waals surface area (Å²) in [6.07, 6.45) is 3.93. The van der Waals surface area contributed by atoms with Gasteiger partial charge in [0.15, 0.2) is 0 Å². The van der Waals surface area contributed by atoms with E-state index in [0.717, 1.165) is 44.3 Å². The van der Waals surface area contributed by atoms with Crippen LogP contribution in [0.2, 0.25) is 0 Å².